The summed E-state index contributed by atoms with van der Waals surface area (Å²) >= 11 is 0. The SMILES string of the molecule is O=C(NCCO)C1=CC(N(Cc2ccccc2)C(=O)C2CCOC2)C(O)C2Oc3ccccc3C12. The van der Waals surface area contributed by atoms with Crippen LogP contribution in [0.25, 0.3) is 0 Å². The Balaban J connectivity index is 1.55. The average Bonchev–Trinajstić information content (AvgIpc) is 3.56. The Hall–Kier alpha value is -3.20. The van der Waals surface area contributed by atoms with E-state index in [0.29, 0.717) is 31.0 Å². The maximum absolute atomic E-state index is 13.7. The molecular formula is C27H30N2O6. The third kappa shape index (κ3) is 4.57. The van der Waals surface area contributed by atoms with E-state index in [1.54, 1.807) is 11.0 Å². The summed E-state index contributed by atoms with van der Waals surface area (Å²) < 4.78 is 11.6. The second-order valence-corrected chi connectivity index (χ2v) is 9.19. The van der Waals surface area contributed by atoms with E-state index in [1.807, 2.05) is 54.6 Å². The molecule has 1 aliphatic carbocycles. The smallest absolute Gasteiger partial charge is 0.247 e. The molecule has 2 aromatic rings. The predicted octanol–water partition coefficient (Wildman–Crippen LogP) is 1.37. The first-order valence-electron chi connectivity index (χ1n) is 12.0. The van der Waals surface area contributed by atoms with Crippen LogP contribution >= 0.6 is 0 Å². The number of aliphatic hydroxyl groups is 2. The van der Waals surface area contributed by atoms with Crippen LogP contribution in [-0.2, 0) is 20.9 Å². The molecule has 2 heterocycles. The van der Waals surface area contributed by atoms with E-state index in [-0.39, 0.29) is 37.4 Å². The third-order valence-corrected chi connectivity index (χ3v) is 6.99. The molecule has 5 atom stereocenters. The van der Waals surface area contributed by atoms with Crippen molar-refractivity contribution in [2.24, 2.45) is 5.92 Å². The van der Waals surface area contributed by atoms with Gasteiger partial charge in [0.2, 0.25) is 11.8 Å². The van der Waals surface area contributed by atoms with Crippen LogP contribution in [0.1, 0.15) is 23.5 Å². The number of aliphatic hydroxyl groups excluding tert-OH is 2. The number of rotatable bonds is 7. The van der Waals surface area contributed by atoms with Gasteiger partial charge in [0, 0.05) is 30.8 Å². The fraction of sp³-hybridized carbons (Fsp3) is 0.407. The third-order valence-electron chi connectivity index (χ3n) is 6.99. The predicted molar refractivity (Wildman–Crippen MR) is 127 cm³/mol. The molecule has 3 aliphatic rings. The molecule has 5 rings (SSSR count). The lowest BCUT2D eigenvalue weighted by atomic mass is 9.77. The normalized spacial score (nSPS) is 26.8. The summed E-state index contributed by atoms with van der Waals surface area (Å²) in [4.78, 5) is 28.6. The number of nitrogens with zero attached hydrogens (tertiary/aromatic N) is 1. The van der Waals surface area contributed by atoms with Crippen LogP contribution < -0.4 is 10.1 Å². The fourth-order valence-electron chi connectivity index (χ4n) is 5.27. The van der Waals surface area contributed by atoms with E-state index < -0.39 is 24.2 Å². The number of benzene rings is 2. The van der Waals surface area contributed by atoms with Crippen molar-refractivity contribution in [2.75, 3.05) is 26.4 Å². The topological polar surface area (TPSA) is 108 Å². The number of carbonyl (C=O) groups is 2. The molecule has 0 bridgehead atoms. The summed E-state index contributed by atoms with van der Waals surface area (Å²) in [5.41, 5.74) is 2.17. The van der Waals surface area contributed by atoms with Gasteiger partial charge in [-0.25, -0.2) is 0 Å². The summed E-state index contributed by atoms with van der Waals surface area (Å²) in [6.07, 6.45) is 0.565. The Bertz CT molecular complexity index is 1100. The summed E-state index contributed by atoms with van der Waals surface area (Å²) in [7, 11) is 0. The molecule has 0 spiro atoms. The first-order valence-corrected chi connectivity index (χ1v) is 12.0. The van der Waals surface area contributed by atoms with Gasteiger partial charge in [-0.1, -0.05) is 48.5 Å². The second kappa shape index (κ2) is 10.2. The van der Waals surface area contributed by atoms with Gasteiger partial charge in [0.1, 0.15) is 18.0 Å². The van der Waals surface area contributed by atoms with Crippen LogP contribution in [0.2, 0.25) is 0 Å². The summed E-state index contributed by atoms with van der Waals surface area (Å²) in [6, 6.07) is 16.3. The van der Waals surface area contributed by atoms with Gasteiger partial charge in [0.25, 0.3) is 0 Å². The fourth-order valence-corrected chi connectivity index (χ4v) is 5.27. The number of nitrogens with one attached hydrogen (secondary N) is 1. The molecule has 2 aromatic carbocycles. The van der Waals surface area contributed by atoms with Crippen LogP contribution in [0.15, 0.2) is 66.2 Å². The molecule has 0 aromatic heterocycles. The summed E-state index contributed by atoms with van der Waals surface area (Å²) in [6.45, 7) is 1.07. The summed E-state index contributed by atoms with van der Waals surface area (Å²) in [5, 5.41) is 23.5. The van der Waals surface area contributed by atoms with E-state index in [4.69, 9.17) is 9.47 Å². The molecule has 0 radical (unpaired) electrons. The molecule has 1 saturated heterocycles. The lowest BCUT2D eigenvalue weighted by Crippen LogP contribution is -2.56. The highest BCUT2D eigenvalue weighted by atomic mass is 16.5. The van der Waals surface area contributed by atoms with Crippen molar-refractivity contribution in [3.05, 3.63) is 77.4 Å². The number of carbonyl (C=O) groups excluding carboxylic acids is 2. The molecule has 8 nitrogen and oxygen atoms in total. The molecule has 2 amide bonds. The Morgan fingerprint density at radius 1 is 1.09 bits per heavy atom. The number of hydrogen-bond acceptors (Lipinski definition) is 6. The van der Waals surface area contributed by atoms with Crippen molar-refractivity contribution < 1.29 is 29.3 Å². The Morgan fingerprint density at radius 3 is 2.60 bits per heavy atom. The number of amides is 2. The van der Waals surface area contributed by atoms with Crippen LogP contribution in [-0.4, -0.2) is 71.5 Å². The van der Waals surface area contributed by atoms with Gasteiger partial charge in [-0.15, -0.1) is 0 Å². The van der Waals surface area contributed by atoms with Crippen molar-refractivity contribution >= 4 is 11.8 Å². The van der Waals surface area contributed by atoms with Crippen molar-refractivity contribution in [3.63, 3.8) is 0 Å². The quantitative estimate of drug-likeness (QED) is 0.555. The standard InChI is InChI=1S/C27H30N2O6/c30-12-11-28-26(32)20-14-21(24(31)25-23(20)19-8-4-5-9-22(19)35-25)29(15-17-6-2-1-3-7-17)27(33)18-10-13-34-16-18/h1-9,14,18,21,23-25,30-31H,10-13,15-16H2,(H,28,32). The number of hydrogen-bond donors (Lipinski definition) is 3. The lowest BCUT2D eigenvalue weighted by Gasteiger charge is -2.41. The minimum atomic E-state index is -1.04. The van der Waals surface area contributed by atoms with Crippen LogP contribution in [0.4, 0.5) is 0 Å². The Kier molecular flexibility index (Phi) is 6.86. The van der Waals surface area contributed by atoms with Gasteiger partial charge in [-0.2, -0.15) is 0 Å². The molecule has 184 valence electrons. The number of ether oxygens (including phenoxy) is 2. The lowest BCUT2D eigenvalue weighted by molar-refractivity contribution is -0.142. The highest BCUT2D eigenvalue weighted by molar-refractivity contribution is 5.96. The minimum Gasteiger partial charge on any atom is -0.486 e. The average molecular weight is 479 g/mol. The first kappa shape index (κ1) is 23.5. The zero-order chi connectivity index (χ0) is 24.4. The van der Waals surface area contributed by atoms with Gasteiger partial charge in [-0.3, -0.25) is 9.59 Å². The van der Waals surface area contributed by atoms with Gasteiger partial charge >= 0.3 is 0 Å². The molecule has 5 unspecified atom stereocenters. The maximum atomic E-state index is 13.7. The molecule has 1 fully saturated rings. The van der Waals surface area contributed by atoms with E-state index in [1.165, 1.54) is 0 Å². The highest BCUT2D eigenvalue weighted by Crippen LogP contribution is 2.47. The molecule has 8 heteroatoms. The first-order chi connectivity index (χ1) is 17.1. The molecule has 35 heavy (non-hydrogen) atoms. The van der Waals surface area contributed by atoms with Crippen LogP contribution in [0.5, 0.6) is 5.75 Å². The van der Waals surface area contributed by atoms with Gasteiger partial charge in [-0.05, 0) is 24.1 Å². The molecule has 3 N–H and O–H groups in total. The van der Waals surface area contributed by atoms with Crippen molar-refractivity contribution in [2.45, 2.75) is 37.1 Å². The zero-order valence-electron chi connectivity index (χ0n) is 19.4. The maximum Gasteiger partial charge on any atom is 0.247 e. The van der Waals surface area contributed by atoms with Gasteiger partial charge < -0.3 is 29.9 Å². The number of fused-ring (bicyclic) bond motifs is 3. The largest absolute Gasteiger partial charge is 0.486 e. The van der Waals surface area contributed by atoms with Crippen molar-refractivity contribution in [3.8, 4) is 5.75 Å². The van der Waals surface area contributed by atoms with Crippen LogP contribution in [0.3, 0.4) is 0 Å². The van der Waals surface area contributed by atoms with Crippen molar-refractivity contribution in [1.29, 1.82) is 0 Å². The minimum absolute atomic E-state index is 0.107. The molecule has 2 aliphatic heterocycles. The van der Waals surface area contributed by atoms with Crippen molar-refractivity contribution in [1.82, 2.24) is 10.2 Å². The second-order valence-electron chi connectivity index (χ2n) is 9.19. The summed E-state index contributed by atoms with van der Waals surface area (Å²) in [5.74, 6) is -0.614. The molecular weight excluding hydrogens is 448 g/mol. The number of para-hydroxylation sites is 1. The Morgan fingerprint density at radius 2 is 1.86 bits per heavy atom. The van der Waals surface area contributed by atoms with E-state index in [2.05, 4.69) is 5.32 Å². The molecule has 0 saturated carbocycles. The monoisotopic (exact) mass is 478 g/mol. The zero-order valence-corrected chi connectivity index (χ0v) is 19.4. The van der Waals surface area contributed by atoms with E-state index in [0.717, 1.165) is 11.1 Å². The van der Waals surface area contributed by atoms with Crippen LogP contribution in [0, 0.1) is 5.92 Å². The van der Waals surface area contributed by atoms with Gasteiger partial charge in [0.15, 0.2) is 0 Å². The van der Waals surface area contributed by atoms with Gasteiger partial charge in [0.05, 0.1) is 31.1 Å². The Labute approximate surface area is 204 Å². The highest BCUT2D eigenvalue weighted by Gasteiger charge is 2.50. The van der Waals surface area contributed by atoms with E-state index in [9.17, 15) is 19.8 Å². The van der Waals surface area contributed by atoms with E-state index >= 15 is 0 Å².